The zero-order chi connectivity index (χ0) is 19.4. The number of aryl methyl sites for hydroxylation is 1. The van der Waals surface area contributed by atoms with E-state index in [9.17, 15) is 14.4 Å². The van der Waals surface area contributed by atoms with Crippen LogP contribution in [0.3, 0.4) is 0 Å². The molecule has 6 heteroatoms. The number of carbonyl (C=O) groups is 3. The van der Waals surface area contributed by atoms with Crippen LogP contribution in [0.25, 0.3) is 0 Å². The van der Waals surface area contributed by atoms with Crippen LogP contribution in [0.4, 0.5) is 5.69 Å². The monoisotopic (exact) mass is 365 g/mol. The van der Waals surface area contributed by atoms with Crippen LogP contribution >= 0.6 is 0 Å². The second-order valence-electron chi connectivity index (χ2n) is 6.71. The Labute approximate surface area is 158 Å². The van der Waals surface area contributed by atoms with Gasteiger partial charge in [0.1, 0.15) is 0 Å². The second kappa shape index (κ2) is 8.03. The maximum Gasteiger partial charge on any atom is 0.254 e. The van der Waals surface area contributed by atoms with Crippen molar-refractivity contribution in [2.24, 2.45) is 0 Å². The Morgan fingerprint density at radius 3 is 1.93 bits per heavy atom. The Hall–Kier alpha value is -3.15. The number of hydrogen-bond donors (Lipinski definition) is 1. The molecule has 1 aliphatic heterocycles. The average Bonchev–Trinajstić information content (AvgIpc) is 2.67. The minimum Gasteiger partial charge on any atom is -0.335 e. The summed E-state index contributed by atoms with van der Waals surface area (Å²) in [4.78, 5) is 40.0. The molecule has 0 bridgehead atoms. The van der Waals surface area contributed by atoms with Gasteiger partial charge in [-0.2, -0.15) is 0 Å². The number of rotatable bonds is 3. The molecule has 3 amide bonds. The number of hydrogen-bond acceptors (Lipinski definition) is 3. The highest BCUT2D eigenvalue weighted by molar-refractivity contribution is 5.97. The van der Waals surface area contributed by atoms with E-state index < -0.39 is 0 Å². The minimum atomic E-state index is -0.178. The maximum absolute atomic E-state index is 12.7. The minimum absolute atomic E-state index is 0.00486. The highest BCUT2D eigenvalue weighted by Crippen LogP contribution is 2.15. The van der Waals surface area contributed by atoms with Crippen molar-refractivity contribution in [3.8, 4) is 0 Å². The summed E-state index contributed by atoms with van der Waals surface area (Å²) in [6, 6.07) is 14.4. The molecule has 0 saturated carbocycles. The molecule has 0 aliphatic carbocycles. The molecule has 27 heavy (non-hydrogen) atoms. The SMILES string of the molecule is CC(=O)Nc1cccc(C(=O)N2CCN(C(=O)c3ccc(C)cc3)CC2)c1. The highest BCUT2D eigenvalue weighted by Gasteiger charge is 2.25. The molecule has 6 nitrogen and oxygen atoms in total. The molecule has 0 aromatic heterocycles. The van der Waals surface area contributed by atoms with E-state index in [1.54, 1.807) is 34.1 Å². The molecule has 0 spiro atoms. The van der Waals surface area contributed by atoms with Crippen LogP contribution in [-0.2, 0) is 4.79 Å². The van der Waals surface area contributed by atoms with Crippen LogP contribution in [0.5, 0.6) is 0 Å². The van der Waals surface area contributed by atoms with E-state index in [4.69, 9.17) is 0 Å². The molecule has 0 radical (unpaired) electrons. The number of anilines is 1. The summed E-state index contributed by atoms with van der Waals surface area (Å²) in [6.45, 7) is 5.40. The lowest BCUT2D eigenvalue weighted by molar-refractivity contribution is -0.114. The fourth-order valence-corrected chi connectivity index (χ4v) is 3.11. The van der Waals surface area contributed by atoms with E-state index in [2.05, 4.69) is 5.32 Å². The smallest absolute Gasteiger partial charge is 0.254 e. The molecule has 1 saturated heterocycles. The van der Waals surface area contributed by atoms with Gasteiger partial charge in [-0.25, -0.2) is 0 Å². The van der Waals surface area contributed by atoms with Crippen molar-refractivity contribution in [1.29, 1.82) is 0 Å². The van der Waals surface area contributed by atoms with Crippen molar-refractivity contribution >= 4 is 23.4 Å². The second-order valence-corrected chi connectivity index (χ2v) is 6.71. The van der Waals surface area contributed by atoms with Gasteiger partial charge in [0, 0.05) is 49.9 Å². The zero-order valence-electron chi connectivity index (χ0n) is 15.6. The Morgan fingerprint density at radius 1 is 0.815 bits per heavy atom. The fourth-order valence-electron chi connectivity index (χ4n) is 3.11. The number of amides is 3. The van der Waals surface area contributed by atoms with Gasteiger partial charge in [0.2, 0.25) is 5.91 Å². The molecule has 1 aliphatic rings. The molecule has 0 unspecified atom stereocenters. The van der Waals surface area contributed by atoms with Gasteiger partial charge < -0.3 is 15.1 Å². The number of piperazine rings is 1. The first-order valence-corrected chi connectivity index (χ1v) is 8.97. The summed E-state index contributed by atoms with van der Waals surface area (Å²) in [5.74, 6) is -0.276. The van der Waals surface area contributed by atoms with Gasteiger partial charge >= 0.3 is 0 Å². The number of benzene rings is 2. The number of nitrogens with one attached hydrogen (secondary N) is 1. The zero-order valence-corrected chi connectivity index (χ0v) is 15.6. The van der Waals surface area contributed by atoms with Gasteiger partial charge in [0.05, 0.1) is 0 Å². The van der Waals surface area contributed by atoms with Gasteiger partial charge in [0.15, 0.2) is 0 Å². The van der Waals surface area contributed by atoms with Crippen LogP contribution in [-0.4, -0.2) is 53.7 Å². The Balaban J connectivity index is 1.61. The summed E-state index contributed by atoms with van der Waals surface area (Å²) in [5, 5.41) is 2.68. The number of nitrogens with zero attached hydrogens (tertiary/aromatic N) is 2. The van der Waals surface area contributed by atoms with Crippen LogP contribution in [0.1, 0.15) is 33.2 Å². The lowest BCUT2D eigenvalue weighted by Gasteiger charge is -2.35. The van der Waals surface area contributed by atoms with Crippen LogP contribution in [0.2, 0.25) is 0 Å². The summed E-state index contributed by atoms with van der Waals surface area (Å²) >= 11 is 0. The third-order valence-electron chi connectivity index (χ3n) is 4.58. The quantitative estimate of drug-likeness (QED) is 0.909. The number of carbonyl (C=O) groups excluding carboxylic acids is 3. The van der Waals surface area contributed by atoms with Gasteiger partial charge in [-0.15, -0.1) is 0 Å². The lowest BCUT2D eigenvalue weighted by Crippen LogP contribution is -2.50. The van der Waals surface area contributed by atoms with E-state index in [0.29, 0.717) is 43.0 Å². The molecule has 2 aromatic rings. The first-order valence-electron chi connectivity index (χ1n) is 8.97. The third kappa shape index (κ3) is 4.53. The third-order valence-corrected chi connectivity index (χ3v) is 4.58. The van der Waals surface area contributed by atoms with Gasteiger partial charge in [-0.3, -0.25) is 14.4 Å². The van der Waals surface area contributed by atoms with E-state index in [-0.39, 0.29) is 17.7 Å². The average molecular weight is 365 g/mol. The van der Waals surface area contributed by atoms with Crippen molar-refractivity contribution < 1.29 is 14.4 Å². The molecule has 140 valence electrons. The molecule has 1 heterocycles. The normalized spacial score (nSPS) is 14.0. The summed E-state index contributed by atoms with van der Waals surface area (Å²) in [6.07, 6.45) is 0. The van der Waals surface area contributed by atoms with Gasteiger partial charge in [-0.1, -0.05) is 23.8 Å². The summed E-state index contributed by atoms with van der Waals surface area (Å²) in [7, 11) is 0. The van der Waals surface area contributed by atoms with Crippen LogP contribution in [0, 0.1) is 6.92 Å². The molecule has 1 N–H and O–H groups in total. The van der Waals surface area contributed by atoms with Crippen molar-refractivity contribution in [2.45, 2.75) is 13.8 Å². The maximum atomic E-state index is 12.7. The predicted molar refractivity (Wildman–Crippen MR) is 104 cm³/mol. The van der Waals surface area contributed by atoms with E-state index in [1.807, 2.05) is 31.2 Å². The van der Waals surface area contributed by atoms with Gasteiger partial charge in [0.25, 0.3) is 11.8 Å². The summed E-state index contributed by atoms with van der Waals surface area (Å²) in [5.41, 5.74) is 2.91. The Bertz CT molecular complexity index is 853. The topological polar surface area (TPSA) is 69.7 Å². The van der Waals surface area contributed by atoms with E-state index in [1.165, 1.54) is 6.92 Å². The largest absolute Gasteiger partial charge is 0.335 e. The van der Waals surface area contributed by atoms with Gasteiger partial charge in [-0.05, 0) is 37.3 Å². The predicted octanol–water partition coefficient (Wildman–Crippen LogP) is 2.55. The fraction of sp³-hybridized carbons (Fsp3) is 0.286. The highest BCUT2D eigenvalue weighted by atomic mass is 16.2. The first-order chi connectivity index (χ1) is 12.9. The van der Waals surface area contributed by atoms with Crippen molar-refractivity contribution in [3.63, 3.8) is 0 Å². The standard InChI is InChI=1S/C21H23N3O3/c1-15-6-8-17(9-7-15)20(26)23-10-12-24(13-11-23)21(27)18-4-3-5-19(14-18)22-16(2)25/h3-9,14H,10-13H2,1-2H3,(H,22,25). The molecule has 3 rings (SSSR count). The molecule has 2 aromatic carbocycles. The Morgan fingerprint density at radius 2 is 1.37 bits per heavy atom. The first kappa shape index (κ1) is 18.6. The van der Waals surface area contributed by atoms with Crippen LogP contribution < -0.4 is 5.32 Å². The van der Waals surface area contributed by atoms with Crippen molar-refractivity contribution in [2.75, 3.05) is 31.5 Å². The van der Waals surface area contributed by atoms with E-state index >= 15 is 0 Å². The van der Waals surface area contributed by atoms with Crippen molar-refractivity contribution in [1.82, 2.24) is 9.80 Å². The molecule has 1 fully saturated rings. The summed E-state index contributed by atoms with van der Waals surface area (Å²) < 4.78 is 0. The lowest BCUT2D eigenvalue weighted by atomic mass is 10.1. The van der Waals surface area contributed by atoms with Crippen LogP contribution in [0.15, 0.2) is 48.5 Å². The molecular weight excluding hydrogens is 342 g/mol. The van der Waals surface area contributed by atoms with E-state index in [0.717, 1.165) is 5.56 Å². The molecule has 0 atom stereocenters. The molecular formula is C21H23N3O3. The van der Waals surface area contributed by atoms with Crippen molar-refractivity contribution in [3.05, 3.63) is 65.2 Å². The Kier molecular flexibility index (Phi) is 5.54.